The maximum absolute atomic E-state index is 11.5. The quantitative estimate of drug-likeness (QED) is 0.119. The van der Waals surface area contributed by atoms with Crippen LogP contribution in [-0.2, 0) is 26.8 Å². The summed E-state index contributed by atoms with van der Waals surface area (Å²) in [5, 5.41) is 0.752. The van der Waals surface area contributed by atoms with Crippen LogP contribution in [0.1, 0.15) is 67.2 Å². The molecule has 9 nitrogen and oxygen atoms in total. The first-order valence-electron chi connectivity index (χ1n) is 15.9. The minimum atomic E-state index is -4.42. The first-order valence-corrected chi connectivity index (χ1v) is 21.3. The van der Waals surface area contributed by atoms with Crippen molar-refractivity contribution in [2.45, 2.75) is 82.7 Å². The van der Waals surface area contributed by atoms with Crippen molar-refractivity contribution in [3.05, 3.63) is 68.1 Å². The van der Waals surface area contributed by atoms with Crippen LogP contribution in [0.4, 0.5) is 5.69 Å². The van der Waals surface area contributed by atoms with Gasteiger partial charge in [-0.2, -0.15) is 4.57 Å². The van der Waals surface area contributed by atoms with Crippen LogP contribution < -0.4 is 9.47 Å². The lowest BCUT2D eigenvalue weighted by atomic mass is 10.1. The van der Waals surface area contributed by atoms with Gasteiger partial charge in [-0.1, -0.05) is 74.0 Å². The number of anilines is 1. The number of aryl methyl sites for hydroxylation is 1. The first-order chi connectivity index (χ1) is 22.5. The van der Waals surface area contributed by atoms with Gasteiger partial charge in [0, 0.05) is 45.3 Å². The van der Waals surface area contributed by atoms with E-state index in [1.165, 1.54) is 56.6 Å². The number of halogens is 2. The van der Waals surface area contributed by atoms with E-state index < -0.39 is 30.7 Å². The van der Waals surface area contributed by atoms with E-state index in [1.54, 1.807) is 12.1 Å². The highest BCUT2D eigenvalue weighted by atomic mass is 35.5. The third-order valence-electron chi connectivity index (χ3n) is 8.26. The smallest absolute Gasteiger partial charge is 0.748 e. The third kappa shape index (κ3) is 11.2. The van der Waals surface area contributed by atoms with Crippen LogP contribution in [0.2, 0.25) is 10.0 Å². The van der Waals surface area contributed by atoms with E-state index in [4.69, 9.17) is 23.2 Å². The van der Waals surface area contributed by atoms with Crippen LogP contribution in [0.25, 0.3) is 16.3 Å². The van der Waals surface area contributed by atoms with Crippen molar-refractivity contribution in [1.29, 1.82) is 0 Å². The normalized spacial score (nSPS) is 15.9. The molecule has 1 aliphatic rings. The molecule has 48 heavy (non-hydrogen) atoms. The number of hydrogen-bond acceptors (Lipinski definition) is 10. The summed E-state index contributed by atoms with van der Waals surface area (Å²) in [5.74, 6) is 0. The Morgan fingerprint density at radius 1 is 0.938 bits per heavy atom. The van der Waals surface area contributed by atoms with Gasteiger partial charge in [-0.15, -0.1) is 0 Å². The second-order valence-electron chi connectivity index (χ2n) is 11.4. The van der Waals surface area contributed by atoms with Crippen molar-refractivity contribution in [3.63, 3.8) is 0 Å². The Morgan fingerprint density at radius 2 is 1.52 bits per heavy atom. The molecule has 2 aromatic carbocycles. The fraction of sp³-hybridized carbons (Fsp3) is 0.485. The zero-order chi connectivity index (χ0) is 35.8. The van der Waals surface area contributed by atoms with Gasteiger partial charge < -0.3 is 18.9 Å². The summed E-state index contributed by atoms with van der Waals surface area (Å²) in [6.45, 7) is 15.6. The monoisotopic (exact) mass is 777 g/mol. The lowest BCUT2D eigenvalue weighted by Gasteiger charge is -2.24. The number of allylic oxidation sites excluding steroid dienone is 2. The zero-order valence-electron chi connectivity index (χ0n) is 29.1. The Bertz CT molecular complexity index is 1840. The van der Waals surface area contributed by atoms with Crippen LogP contribution in [-0.4, -0.2) is 67.5 Å². The van der Waals surface area contributed by atoms with E-state index in [0.29, 0.717) is 29.6 Å². The van der Waals surface area contributed by atoms with Gasteiger partial charge >= 0.3 is 1.43 Å². The van der Waals surface area contributed by atoms with Gasteiger partial charge in [0.05, 0.1) is 36.2 Å². The molecule has 15 heteroatoms. The summed E-state index contributed by atoms with van der Waals surface area (Å²) in [6, 6.07) is 11.1. The van der Waals surface area contributed by atoms with Gasteiger partial charge in [0.1, 0.15) is 4.70 Å². The largest absolute Gasteiger partial charge is 1.00 e. The second kappa shape index (κ2) is 18.0. The molecule has 2 unspecified atom stereocenters. The highest BCUT2D eigenvalue weighted by Crippen LogP contribution is 2.47. The molecule has 4 rings (SSSR count). The maximum Gasteiger partial charge on any atom is 1.00 e. The molecule has 0 aliphatic carbocycles. The molecule has 0 N–H and O–H groups in total. The number of fused-ring (bicyclic) bond motifs is 2. The van der Waals surface area contributed by atoms with Gasteiger partial charge in [0.2, 0.25) is 5.52 Å². The highest BCUT2D eigenvalue weighted by Gasteiger charge is 2.27. The number of thiazole rings is 1. The minimum Gasteiger partial charge on any atom is -0.748 e. The van der Waals surface area contributed by atoms with Crippen molar-refractivity contribution >= 4 is 88.5 Å². The molecule has 0 amide bonds. The Morgan fingerprint density at radius 3 is 2.08 bits per heavy atom. The lowest BCUT2D eigenvalue weighted by molar-refractivity contribution is -0.669. The van der Waals surface area contributed by atoms with Crippen LogP contribution in [0.15, 0.2) is 58.0 Å². The predicted octanol–water partition coefficient (Wildman–Crippen LogP) is 7.85. The minimum absolute atomic E-state index is 0. The average molecular weight is 779 g/mol. The standard InChI is InChI=1S/C27H30Cl2N2O6S4.C6H15N/c1-4-19(13-26-30(11-9-17(2)40(32,33)34)22-15-20(28)5-7-24(22)38-26)14-27-31(12-10-18(3)41(35,36)37)23-16-21(29)6-8-25(23)39-27;1-4-7(5-2)6-3/h5-8,13-18H,4,9-12H2,1-3H3,(H-,32,33,34,35,36,37);4-6H2,1-3H3. The Kier molecular flexibility index (Phi) is 15.3. The van der Waals surface area contributed by atoms with E-state index in [9.17, 15) is 25.9 Å². The number of nitrogens with zero attached hydrogens (tertiary/aromatic N) is 3. The number of thioether (sulfide) groups is 1. The molecule has 0 saturated carbocycles. The molecule has 2 atom stereocenters. The molecule has 266 valence electrons. The summed E-state index contributed by atoms with van der Waals surface area (Å²) in [6.07, 6.45) is 5.03. The van der Waals surface area contributed by atoms with Gasteiger partial charge in [-0.25, -0.2) is 16.8 Å². The molecule has 0 bridgehead atoms. The Hall–Kier alpha value is -1.68. The van der Waals surface area contributed by atoms with Gasteiger partial charge in [0.25, 0.3) is 5.01 Å². The van der Waals surface area contributed by atoms with E-state index in [-0.39, 0.29) is 14.3 Å². The topological polar surface area (TPSA) is 125 Å². The number of aromatic nitrogens is 1. The number of hydrogen-bond donors (Lipinski definition) is 0. The Balaban J connectivity index is 0.000000940. The van der Waals surface area contributed by atoms with Crippen molar-refractivity contribution in [1.82, 2.24) is 4.90 Å². The summed E-state index contributed by atoms with van der Waals surface area (Å²) in [4.78, 5) is 5.32. The van der Waals surface area contributed by atoms with Gasteiger partial charge in [-0.3, -0.25) is 0 Å². The van der Waals surface area contributed by atoms with Crippen molar-refractivity contribution in [3.8, 4) is 0 Å². The molecule has 0 fully saturated rings. The molecular formula is C33H45Cl2N3O6S4. The lowest BCUT2D eigenvalue weighted by Crippen LogP contribution is -2.37. The summed E-state index contributed by atoms with van der Waals surface area (Å²) in [5.41, 5.74) is 2.66. The molecule has 0 radical (unpaired) electrons. The van der Waals surface area contributed by atoms with Crippen molar-refractivity contribution < 1.29 is 31.9 Å². The fourth-order valence-corrected chi connectivity index (χ4v) is 8.38. The zero-order valence-corrected chi connectivity index (χ0v) is 32.9. The molecule has 1 aromatic heterocycles. The summed E-state index contributed by atoms with van der Waals surface area (Å²) < 4.78 is 72.2. The van der Waals surface area contributed by atoms with E-state index >= 15 is 0 Å². The van der Waals surface area contributed by atoms with Crippen LogP contribution in [0.5, 0.6) is 0 Å². The highest BCUT2D eigenvalue weighted by molar-refractivity contribution is 8.03. The SMILES string of the molecule is CCC(=Cc1sc2ccc(Cl)cc2[n+]1CCC(C)S(=O)(=O)[O-])C=C1Sc2ccc(Cl)cc2N1CCC(C)S(=O)(=O)[O-].CCN(CC)CC.[H+]. The van der Waals surface area contributed by atoms with E-state index in [2.05, 4.69) is 25.7 Å². The van der Waals surface area contributed by atoms with Gasteiger partial charge in [0.15, 0.2) is 6.54 Å². The first kappa shape index (κ1) is 40.7. The molecule has 0 spiro atoms. The fourth-order valence-electron chi connectivity index (χ4n) is 4.97. The summed E-state index contributed by atoms with van der Waals surface area (Å²) in [7, 11) is -8.83. The molecule has 1 aliphatic heterocycles. The molecule has 2 heterocycles. The number of benzene rings is 2. The second-order valence-corrected chi connectivity index (χ2v) is 18.0. The average Bonchev–Trinajstić information content (AvgIpc) is 3.54. The maximum atomic E-state index is 11.5. The van der Waals surface area contributed by atoms with E-state index in [0.717, 1.165) is 36.4 Å². The number of rotatable bonds is 14. The van der Waals surface area contributed by atoms with Crippen LogP contribution in [0, 0.1) is 0 Å². The van der Waals surface area contributed by atoms with Crippen LogP contribution >= 0.6 is 46.3 Å². The van der Waals surface area contributed by atoms with Gasteiger partial charge in [-0.05, 0) is 88.3 Å². The van der Waals surface area contributed by atoms with Crippen LogP contribution in [0.3, 0.4) is 0 Å². The molecule has 0 saturated heterocycles. The third-order valence-corrected chi connectivity index (χ3v) is 13.4. The molecule has 3 aromatic rings. The molecular weight excluding hydrogens is 734 g/mol. The van der Waals surface area contributed by atoms with Crippen molar-refractivity contribution in [2.75, 3.05) is 31.1 Å². The summed E-state index contributed by atoms with van der Waals surface area (Å²) >= 11 is 15.6. The van der Waals surface area contributed by atoms with Crippen molar-refractivity contribution in [2.24, 2.45) is 0 Å². The van der Waals surface area contributed by atoms with E-state index in [1.807, 2.05) is 52.8 Å². The predicted molar refractivity (Wildman–Crippen MR) is 200 cm³/mol. The Labute approximate surface area is 305 Å².